The van der Waals surface area contributed by atoms with Crippen LogP contribution in [0.3, 0.4) is 0 Å². The second-order valence-electron chi connectivity index (χ2n) is 15.7. The number of esters is 2. The number of carbonyl (C=O) groups excluding carboxylic acids is 2. The highest BCUT2D eigenvalue weighted by atomic mass is 31.2. The number of fused-ring (bicyclic) bond motifs is 6. The lowest BCUT2D eigenvalue weighted by Crippen LogP contribution is -2.16. The van der Waals surface area contributed by atoms with Crippen molar-refractivity contribution in [1.82, 2.24) is 8.68 Å². The van der Waals surface area contributed by atoms with Crippen LogP contribution in [0.1, 0.15) is 70.9 Å². The van der Waals surface area contributed by atoms with Crippen LogP contribution in [0, 0.1) is 0 Å². The van der Waals surface area contributed by atoms with Crippen LogP contribution in [0.15, 0.2) is 146 Å². The molecule has 2 atom stereocenters. The third-order valence-electron chi connectivity index (χ3n) is 10.7. The molecule has 2 aromatic heterocycles. The van der Waals surface area contributed by atoms with Gasteiger partial charge in [-0.1, -0.05) is 84.9 Å². The summed E-state index contributed by atoms with van der Waals surface area (Å²) in [4.78, 5) is 29.1. The average Bonchev–Trinajstić information content (AvgIpc) is 3.87. The van der Waals surface area contributed by atoms with Gasteiger partial charge < -0.3 is 27.6 Å². The third kappa shape index (κ3) is 7.33. The van der Waals surface area contributed by atoms with Crippen molar-refractivity contribution in [3.63, 3.8) is 0 Å². The largest absolute Gasteiger partial charge is 0.459 e. The smallest absolute Gasteiger partial charge is 0.421 e. The van der Waals surface area contributed by atoms with Gasteiger partial charge >= 0.3 is 29.0 Å². The van der Waals surface area contributed by atoms with E-state index >= 15 is 0 Å². The highest BCUT2D eigenvalue weighted by Gasteiger charge is 2.36. The van der Waals surface area contributed by atoms with Gasteiger partial charge in [0.1, 0.15) is 22.6 Å². The molecule has 6 aromatic carbocycles. The minimum atomic E-state index is -1.97. The van der Waals surface area contributed by atoms with Crippen molar-refractivity contribution < 1.29 is 37.2 Å². The second kappa shape index (κ2) is 16.4. The highest BCUT2D eigenvalue weighted by molar-refractivity contribution is 7.46. The molecule has 0 spiro atoms. The van der Waals surface area contributed by atoms with Crippen LogP contribution in [0.4, 0.5) is 0 Å². The summed E-state index contributed by atoms with van der Waals surface area (Å²) in [5, 5.41) is 2.98. The van der Waals surface area contributed by atoms with Crippen LogP contribution in [0.5, 0.6) is 23.0 Å². The van der Waals surface area contributed by atoms with Crippen molar-refractivity contribution in [2.45, 2.75) is 52.7 Å². The van der Waals surface area contributed by atoms with Gasteiger partial charge in [0.25, 0.3) is 0 Å². The summed E-state index contributed by atoms with van der Waals surface area (Å²) in [6.07, 6.45) is 4.24. The van der Waals surface area contributed by atoms with E-state index in [4.69, 9.17) is 27.6 Å². The van der Waals surface area contributed by atoms with E-state index < -0.39 is 41.2 Å². The molecule has 310 valence electrons. The molecule has 0 bridgehead atoms. The van der Waals surface area contributed by atoms with Crippen molar-refractivity contribution in [3.8, 4) is 34.1 Å². The van der Waals surface area contributed by atoms with Gasteiger partial charge in [-0.25, -0.2) is 9.59 Å². The van der Waals surface area contributed by atoms with Gasteiger partial charge in [-0.05, 0) is 97.8 Å². The maximum Gasteiger partial charge on any atom is 0.421 e. The maximum absolute atomic E-state index is 14.6. The summed E-state index contributed by atoms with van der Waals surface area (Å²) in [7, 11) is -3.95. The number of hydrogen-bond acceptors (Lipinski definition) is 8. The summed E-state index contributed by atoms with van der Waals surface area (Å²) in [5.74, 6) is 0.634. The Labute approximate surface area is 361 Å². The predicted molar refractivity (Wildman–Crippen MR) is 243 cm³/mol. The molecule has 0 N–H and O–H groups in total. The van der Waals surface area contributed by atoms with Gasteiger partial charge in [0, 0.05) is 58.9 Å². The number of ether oxygens (including phenoxy) is 2. The Bertz CT molecular complexity index is 2820. The Morgan fingerprint density at radius 1 is 0.532 bits per heavy atom. The molecule has 8 aromatic rings. The molecule has 4 heterocycles. The molecule has 0 amide bonds. The van der Waals surface area contributed by atoms with Crippen molar-refractivity contribution in [2.24, 2.45) is 0 Å². The van der Waals surface area contributed by atoms with Crippen molar-refractivity contribution in [3.05, 3.63) is 179 Å². The lowest BCUT2D eigenvalue weighted by molar-refractivity contribution is 0.0364. The first-order chi connectivity index (χ1) is 30.2. The number of benzene rings is 6. The maximum atomic E-state index is 14.6. The number of nitrogens with zero attached hydrogens (tertiary/aromatic N) is 2. The standard InChI is InChI=1S/C50H42N2O8P2/c1-31(2)55-49(53)41-29-33-15-5-9-21-39(33)45(47(41)59-61-51-25-13-19-37(51)27-35-17-7-11-23-43(35)57-61)46-40-22-10-6-16-34(40)30-42(50(54)56-32(3)4)48(46)60-62-52-26-14-20-38(52)28-36-18-8-12-24-44(36)58-62/h5-26,29-32H,27-28H2,1-4H3. The molecule has 62 heavy (non-hydrogen) atoms. The van der Waals surface area contributed by atoms with E-state index in [9.17, 15) is 9.59 Å². The Hall–Kier alpha value is -6.60. The van der Waals surface area contributed by atoms with Crippen LogP contribution in [-0.2, 0) is 22.3 Å². The number of hydrogen-bond donors (Lipinski definition) is 0. The fourth-order valence-corrected chi connectivity index (χ4v) is 10.9. The normalized spacial score (nSPS) is 15.3. The van der Waals surface area contributed by atoms with Crippen molar-refractivity contribution >= 4 is 50.5 Å². The summed E-state index contributed by atoms with van der Waals surface area (Å²) in [5.41, 5.74) is 5.39. The van der Waals surface area contributed by atoms with Gasteiger partial charge in [-0.15, -0.1) is 0 Å². The third-order valence-corrected chi connectivity index (χ3v) is 13.6. The molecule has 2 aliphatic rings. The molecule has 0 aliphatic carbocycles. The Kier molecular flexibility index (Phi) is 10.4. The number of aromatic nitrogens is 2. The lowest BCUT2D eigenvalue weighted by atomic mass is 9.88. The first-order valence-corrected chi connectivity index (χ1v) is 22.8. The molecule has 0 fully saturated rings. The molecule has 10 nitrogen and oxygen atoms in total. The predicted octanol–water partition coefficient (Wildman–Crippen LogP) is 12.7. The van der Waals surface area contributed by atoms with Gasteiger partial charge in [0.15, 0.2) is 11.5 Å². The van der Waals surface area contributed by atoms with Crippen LogP contribution >= 0.6 is 17.1 Å². The van der Waals surface area contributed by atoms with Crippen LogP contribution < -0.4 is 18.1 Å². The topological polar surface area (TPSA) is 99.4 Å². The van der Waals surface area contributed by atoms with Gasteiger partial charge in [0.05, 0.1) is 12.2 Å². The number of para-hydroxylation sites is 2. The first kappa shape index (κ1) is 39.5. The zero-order valence-electron chi connectivity index (χ0n) is 34.5. The van der Waals surface area contributed by atoms with E-state index in [1.807, 2.05) is 170 Å². The van der Waals surface area contributed by atoms with E-state index in [0.29, 0.717) is 35.5 Å². The lowest BCUT2D eigenvalue weighted by Gasteiger charge is -2.27. The molecule has 0 saturated carbocycles. The summed E-state index contributed by atoms with van der Waals surface area (Å²) < 4.78 is 44.1. The van der Waals surface area contributed by atoms with Crippen LogP contribution in [0.25, 0.3) is 32.7 Å². The Balaban J connectivity index is 1.29. The van der Waals surface area contributed by atoms with Crippen molar-refractivity contribution in [1.29, 1.82) is 0 Å². The van der Waals surface area contributed by atoms with Crippen LogP contribution in [0.2, 0.25) is 0 Å². The molecular weight excluding hydrogens is 819 g/mol. The summed E-state index contributed by atoms with van der Waals surface area (Å²) >= 11 is 0. The summed E-state index contributed by atoms with van der Waals surface area (Å²) in [6.45, 7) is 7.25. The molecule has 10 rings (SSSR count). The van der Waals surface area contributed by atoms with E-state index in [1.54, 1.807) is 12.1 Å². The van der Waals surface area contributed by atoms with Gasteiger partial charge in [-0.3, -0.25) is 8.68 Å². The van der Waals surface area contributed by atoms with Crippen LogP contribution in [-0.4, -0.2) is 32.8 Å². The average molecular weight is 861 g/mol. The van der Waals surface area contributed by atoms with Gasteiger partial charge in [-0.2, -0.15) is 0 Å². The second-order valence-corrected chi connectivity index (χ2v) is 18.2. The van der Waals surface area contributed by atoms with E-state index in [-0.39, 0.29) is 22.6 Å². The monoisotopic (exact) mass is 860 g/mol. The number of rotatable bonds is 9. The minimum Gasteiger partial charge on any atom is -0.459 e. The van der Waals surface area contributed by atoms with E-state index in [0.717, 1.165) is 44.1 Å². The molecule has 12 heteroatoms. The van der Waals surface area contributed by atoms with Crippen molar-refractivity contribution in [2.75, 3.05) is 0 Å². The first-order valence-electron chi connectivity index (χ1n) is 20.5. The fraction of sp³-hybridized carbons (Fsp3) is 0.160. The Morgan fingerprint density at radius 2 is 0.935 bits per heavy atom. The SMILES string of the molecule is CC(C)OC(=O)c1cc2ccccc2c(-c2c(OP3Oc4ccccc4Cc4cccn43)c(C(=O)OC(C)C)cc3ccccc23)c1OP1Oc2ccccc2Cc2cccn21. The van der Waals surface area contributed by atoms with E-state index in [2.05, 4.69) is 0 Å². The zero-order valence-corrected chi connectivity index (χ0v) is 36.3. The highest BCUT2D eigenvalue weighted by Crippen LogP contribution is 2.57. The minimum absolute atomic E-state index is 0.188. The zero-order chi connectivity index (χ0) is 42.5. The molecular formula is C50H42N2O8P2. The Morgan fingerprint density at radius 3 is 1.37 bits per heavy atom. The molecule has 2 aliphatic heterocycles. The fourth-order valence-electron chi connectivity index (χ4n) is 8.02. The quantitative estimate of drug-likeness (QED) is 0.104. The van der Waals surface area contributed by atoms with Gasteiger partial charge in [0.2, 0.25) is 0 Å². The molecule has 0 saturated heterocycles. The van der Waals surface area contributed by atoms with E-state index in [1.165, 1.54) is 0 Å². The number of carbonyl (C=O) groups is 2. The molecule has 2 unspecified atom stereocenters. The summed E-state index contributed by atoms with van der Waals surface area (Å²) in [6, 6.07) is 43.0. The molecule has 0 radical (unpaired) electrons.